The number of unbranched alkanes of at least 4 members (excludes halogenated alkanes) is 1. The van der Waals surface area contributed by atoms with Crippen molar-refractivity contribution in [1.82, 2.24) is 20.4 Å². The number of hydrogen-bond acceptors (Lipinski definition) is 5. The highest BCUT2D eigenvalue weighted by molar-refractivity contribution is 5.93. The summed E-state index contributed by atoms with van der Waals surface area (Å²) in [5.41, 5.74) is 6.52. The van der Waals surface area contributed by atoms with Crippen molar-refractivity contribution >= 4 is 34.6 Å². The van der Waals surface area contributed by atoms with E-state index in [0.717, 1.165) is 42.2 Å². The summed E-state index contributed by atoms with van der Waals surface area (Å²) >= 11 is 0. The number of nitro benzene ring substituents is 1. The molecule has 0 aliphatic rings. The van der Waals surface area contributed by atoms with Gasteiger partial charge < -0.3 is 4.57 Å². The molecule has 2 amide bonds. The Hall–Kier alpha value is -4.01. The Morgan fingerprint density at radius 2 is 1.87 bits per heavy atom. The maximum Gasteiger partial charge on any atom is 0.276 e. The van der Waals surface area contributed by atoms with Crippen molar-refractivity contribution in [1.29, 1.82) is 0 Å². The lowest BCUT2D eigenvalue weighted by molar-refractivity contribution is -0.385. The molecule has 0 saturated carbocycles. The number of carbonyl (C=O) groups excluding carboxylic acids is 2. The van der Waals surface area contributed by atoms with Crippen molar-refractivity contribution in [3.8, 4) is 0 Å². The van der Waals surface area contributed by atoms with Crippen LogP contribution in [0.1, 0.15) is 31.2 Å². The fourth-order valence-electron chi connectivity index (χ4n) is 3.14. The van der Waals surface area contributed by atoms with Crippen molar-refractivity contribution in [3.63, 3.8) is 0 Å². The number of hydrogen-bond donors (Lipinski definition) is 2. The molecule has 31 heavy (non-hydrogen) atoms. The average Bonchev–Trinajstić information content (AvgIpc) is 3.12. The summed E-state index contributed by atoms with van der Waals surface area (Å²) in [6, 6.07) is 13.6. The van der Waals surface area contributed by atoms with Crippen LogP contribution in [0.3, 0.4) is 0 Å². The van der Waals surface area contributed by atoms with E-state index in [9.17, 15) is 19.7 Å². The van der Waals surface area contributed by atoms with Gasteiger partial charge in [-0.25, -0.2) is 4.98 Å². The molecule has 0 unspecified atom stereocenters. The molecule has 0 atom stereocenters. The summed E-state index contributed by atoms with van der Waals surface area (Å²) < 4.78 is 1.84. The summed E-state index contributed by atoms with van der Waals surface area (Å²) in [5, 5.41) is 11.0. The number of aromatic nitrogens is 2. The predicted octanol–water partition coefficient (Wildman–Crippen LogP) is 3.15. The zero-order chi connectivity index (χ0) is 22.2. The Kier molecular flexibility index (Phi) is 7.10. The number of nitrogens with zero attached hydrogens (tertiary/aromatic N) is 3. The molecular weight excluding hydrogens is 398 g/mol. The Balaban J connectivity index is 1.63. The van der Waals surface area contributed by atoms with Crippen LogP contribution in [0.25, 0.3) is 17.1 Å². The smallest absolute Gasteiger partial charge is 0.276 e. The summed E-state index contributed by atoms with van der Waals surface area (Å²) in [6.45, 7) is 2.10. The fourth-order valence-corrected chi connectivity index (χ4v) is 3.14. The molecule has 0 bridgehead atoms. The Bertz CT molecular complexity index is 1140. The molecule has 0 saturated heterocycles. The minimum atomic E-state index is -0.604. The molecule has 1 heterocycles. The molecule has 0 aliphatic heterocycles. The van der Waals surface area contributed by atoms with Gasteiger partial charge in [0.05, 0.1) is 21.5 Å². The van der Waals surface area contributed by atoms with Crippen molar-refractivity contribution in [2.45, 2.75) is 32.7 Å². The highest BCUT2D eigenvalue weighted by Crippen LogP contribution is 2.19. The van der Waals surface area contributed by atoms with Crippen LogP contribution in [0.4, 0.5) is 5.69 Å². The Morgan fingerprint density at radius 3 is 2.65 bits per heavy atom. The van der Waals surface area contributed by atoms with Gasteiger partial charge in [0.1, 0.15) is 12.4 Å². The van der Waals surface area contributed by atoms with Gasteiger partial charge in [-0.2, -0.15) is 0 Å². The maximum atomic E-state index is 12.4. The second-order valence-electron chi connectivity index (χ2n) is 6.89. The first-order chi connectivity index (χ1) is 15.0. The summed E-state index contributed by atoms with van der Waals surface area (Å²) in [7, 11) is 0. The van der Waals surface area contributed by atoms with Gasteiger partial charge in [0, 0.05) is 18.6 Å². The van der Waals surface area contributed by atoms with E-state index < -0.39 is 16.7 Å². The first kappa shape index (κ1) is 21.7. The number of fused-ring (bicyclic) bond motifs is 1. The quantitative estimate of drug-likeness (QED) is 0.329. The second-order valence-corrected chi connectivity index (χ2v) is 6.89. The van der Waals surface area contributed by atoms with Gasteiger partial charge in [-0.3, -0.25) is 30.6 Å². The number of aryl methyl sites for hydroxylation is 1. The van der Waals surface area contributed by atoms with Crippen LogP contribution in [0.2, 0.25) is 0 Å². The molecule has 9 nitrogen and oxygen atoms in total. The van der Waals surface area contributed by atoms with Crippen LogP contribution in [0, 0.1) is 10.1 Å². The van der Waals surface area contributed by atoms with Gasteiger partial charge in [-0.05, 0) is 30.7 Å². The summed E-state index contributed by atoms with van der Waals surface area (Å²) in [6.07, 6.45) is 5.17. The van der Waals surface area contributed by atoms with Crippen LogP contribution < -0.4 is 10.9 Å². The summed E-state index contributed by atoms with van der Waals surface area (Å²) in [4.78, 5) is 39.6. The number of imidazole rings is 1. The van der Waals surface area contributed by atoms with Gasteiger partial charge in [-0.15, -0.1) is 0 Å². The number of nitrogens with one attached hydrogen (secondary N) is 2. The third kappa shape index (κ3) is 5.53. The Labute approximate surface area is 178 Å². The van der Waals surface area contributed by atoms with E-state index in [0.29, 0.717) is 5.56 Å². The third-order valence-corrected chi connectivity index (χ3v) is 4.66. The van der Waals surface area contributed by atoms with Crippen LogP contribution in [-0.4, -0.2) is 26.3 Å². The SMILES string of the molecule is CCCCc1nc2ccccc2n1CC(=O)NNC(=O)/C=C/c1ccccc1[N+](=O)[O-]. The first-order valence-corrected chi connectivity index (χ1v) is 9.94. The van der Waals surface area contributed by atoms with E-state index in [1.807, 2.05) is 28.8 Å². The van der Waals surface area contributed by atoms with E-state index in [-0.39, 0.29) is 12.2 Å². The minimum Gasteiger partial charge on any atom is -0.318 e. The molecule has 0 aliphatic carbocycles. The highest BCUT2D eigenvalue weighted by atomic mass is 16.6. The number of para-hydroxylation sites is 3. The maximum absolute atomic E-state index is 12.4. The lowest BCUT2D eigenvalue weighted by Crippen LogP contribution is -2.42. The zero-order valence-electron chi connectivity index (χ0n) is 17.1. The van der Waals surface area contributed by atoms with Crippen molar-refractivity contribution in [2.24, 2.45) is 0 Å². The van der Waals surface area contributed by atoms with Crippen LogP contribution in [0.15, 0.2) is 54.6 Å². The largest absolute Gasteiger partial charge is 0.318 e. The molecule has 9 heteroatoms. The topological polar surface area (TPSA) is 119 Å². The normalized spacial score (nSPS) is 11.0. The van der Waals surface area contributed by atoms with E-state index >= 15 is 0 Å². The third-order valence-electron chi connectivity index (χ3n) is 4.66. The Morgan fingerprint density at radius 1 is 1.13 bits per heavy atom. The molecule has 160 valence electrons. The van der Waals surface area contributed by atoms with Crippen LogP contribution in [0.5, 0.6) is 0 Å². The van der Waals surface area contributed by atoms with Crippen LogP contribution in [-0.2, 0) is 22.6 Å². The van der Waals surface area contributed by atoms with Gasteiger partial charge in [0.2, 0.25) is 0 Å². The molecular formula is C22H23N5O4. The minimum absolute atomic E-state index is 0.00765. The molecule has 1 aromatic heterocycles. The highest BCUT2D eigenvalue weighted by Gasteiger charge is 2.14. The molecule has 2 aromatic carbocycles. The van der Waals surface area contributed by atoms with Crippen molar-refractivity contribution < 1.29 is 14.5 Å². The molecule has 0 fully saturated rings. The number of hydrazine groups is 1. The number of carbonyl (C=O) groups is 2. The lowest BCUT2D eigenvalue weighted by Gasteiger charge is -2.10. The fraction of sp³-hybridized carbons (Fsp3) is 0.227. The first-order valence-electron chi connectivity index (χ1n) is 9.94. The molecule has 3 rings (SSSR count). The lowest BCUT2D eigenvalue weighted by atomic mass is 10.1. The number of benzene rings is 2. The van der Waals surface area contributed by atoms with Gasteiger partial charge in [0.15, 0.2) is 0 Å². The van der Waals surface area contributed by atoms with Crippen LogP contribution >= 0.6 is 0 Å². The second kappa shape index (κ2) is 10.1. The molecule has 3 aromatic rings. The average molecular weight is 421 g/mol. The van der Waals surface area contributed by atoms with E-state index in [1.54, 1.807) is 12.1 Å². The molecule has 2 N–H and O–H groups in total. The van der Waals surface area contributed by atoms with E-state index in [2.05, 4.69) is 22.8 Å². The van der Waals surface area contributed by atoms with Gasteiger partial charge in [-0.1, -0.05) is 37.6 Å². The standard InChI is InChI=1S/C22H23N5O4/c1-2-3-12-20-23-17-9-5-7-11-19(17)26(20)15-22(29)25-24-21(28)14-13-16-8-4-6-10-18(16)27(30)31/h4-11,13-14H,2-3,12,15H2,1H3,(H,24,28)(H,25,29)/b14-13+. The van der Waals surface area contributed by atoms with E-state index in [1.165, 1.54) is 18.2 Å². The van der Waals surface area contributed by atoms with Gasteiger partial charge >= 0.3 is 0 Å². The number of rotatable bonds is 8. The van der Waals surface area contributed by atoms with E-state index in [4.69, 9.17) is 0 Å². The van der Waals surface area contributed by atoms with Crippen molar-refractivity contribution in [2.75, 3.05) is 0 Å². The van der Waals surface area contributed by atoms with Crippen molar-refractivity contribution in [3.05, 3.63) is 76.1 Å². The number of nitro groups is 1. The number of amides is 2. The monoisotopic (exact) mass is 421 g/mol. The van der Waals surface area contributed by atoms with Gasteiger partial charge in [0.25, 0.3) is 17.5 Å². The summed E-state index contributed by atoms with van der Waals surface area (Å²) in [5.74, 6) is -0.192. The molecule has 0 radical (unpaired) electrons. The zero-order valence-corrected chi connectivity index (χ0v) is 17.1. The predicted molar refractivity (Wildman–Crippen MR) is 117 cm³/mol. The molecule has 0 spiro atoms.